The molecule has 0 heterocycles. The number of halogens is 1. The topological polar surface area (TPSA) is 35.5 Å². The minimum Gasteiger partial charge on any atom is -0.438 e. The Hall–Kier alpha value is -0.250. The lowest BCUT2D eigenvalue weighted by atomic mass is 10.3. The van der Waals surface area contributed by atoms with Crippen LogP contribution >= 0.6 is 15.9 Å². The molecular formula is C7H13BrO3. The highest BCUT2D eigenvalue weighted by atomic mass is 79.9. The second kappa shape index (κ2) is 7.85. The van der Waals surface area contributed by atoms with Crippen LogP contribution in [0.1, 0.15) is 19.3 Å². The first kappa shape index (κ1) is 10.8. The summed E-state index contributed by atoms with van der Waals surface area (Å²) >= 11 is 3.31. The lowest BCUT2D eigenvalue weighted by Gasteiger charge is -2.01. The first-order valence-corrected chi connectivity index (χ1v) is 4.70. The van der Waals surface area contributed by atoms with Gasteiger partial charge in [-0.25, -0.2) is 4.79 Å². The summed E-state index contributed by atoms with van der Waals surface area (Å²) in [5.41, 5.74) is 0. The van der Waals surface area contributed by atoms with E-state index in [1.54, 1.807) is 0 Å². The van der Waals surface area contributed by atoms with Crippen molar-refractivity contribution >= 4 is 22.1 Å². The zero-order valence-corrected chi connectivity index (χ0v) is 8.22. The van der Waals surface area contributed by atoms with Crippen LogP contribution < -0.4 is 0 Å². The van der Waals surface area contributed by atoms with Crippen molar-refractivity contribution in [2.45, 2.75) is 19.3 Å². The van der Waals surface area contributed by atoms with Crippen LogP contribution in [0, 0.1) is 0 Å². The Morgan fingerprint density at radius 3 is 2.64 bits per heavy atom. The molecule has 0 amide bonds. The van der Waals surface area contributed by atoms with E-state index in [4.69, 9.17) is 0 Å². The van der Waals surface area contributed by atoms with Crippen LogP contribution in [0.5, 0.6) is 0 Å². The summed E-state index contributed by atoms with van der Waals surface area (Å²) in [4.78, 5) is 10.4. The van der Waals surface area contributed by atoms with E-state index in [-0.39, 0.29) is 0 Å². The van der Waals surface area contributed by atoms with E-state index >= 15 is 0 Å². The smallest absolute Gasteiger partial charge is 0.438 e. The third kappa shape index (κ3) is 7.65. The number of unbranched alkanes of at least 4 members (excludes halogenated alkanes) is 2. The van der Waals surface area contributed by atoms with Crippen LogP contribution in [0.3, 0.4) is 0 Å². The molecular weight excluding hydrogens is 212 g/mol. The first-order chi connectivity index (χ1) is 5.31. The molecule has 0 radical (unpaired) electrons. The van der Waals surface area contributed by atoms with Crippen molar-refractivity contribution < 1.29 is 14.3 Å². The molecule has 4 heteroatoms. The van der Waals surface area contributed by atoms with E-state index in [1.165, 1.54) is 7.11 Å². The van der Waals surface area contributed by atoms with Gasteiger partial charge in [0.1, 0.15) is 0 Å². The van der Waals surface area contributed by atoms with Gasteiger partial charge in [-0.3, -0.25) is 0 Å². The molecule has 0 rings (SSSR count). The molecule has 0 atom stereocenters. The average Bonchev–Trinajstić information content (AvgIpc) is 2.04. The number of alkyl halides is 1. The van der Waals surface area contributed by atoms with Crippen LogP contribution in [0.25, 0.3) is 0 Å². The Bertz CT molecular complexity index is 106. The van der Waals surface area contributed by atoms with Gasteiger partial charge in [-0.05, 0) is 19.3 Å². The highest BCUT2D eigenvalue weighted by Crippen LogP contribution is 1.98. The molecule has 0 N–H and O–H groups in total. The van der Waals surface area contributed by atoms with E-state index in [1.807, 2.05) is 0 Å². The lowest BCUT2D eigenvalue weighted by molar-refractivity contribution is 0.0714. The van der Waals surface area contributed by atoms with Crippen LogP contribution in [0.4, 0.5) is 4.79 Å². The van der Waals surface area contributed by atoms with Crippen molar-refractivity contribution in [2.24, 2.45) is 0 Å². The SMILES string of the molecule is COC(=O)OCCCCCBr. The highest BCUT2D eigenvalue weighted by Gasteiger charge is 1.97. The van der Waals surface area contributed by atoms with Gasteiger partial charge in [-0.1, -0.05) is 15.9 Å². The standard InChI is InChI=1S/C7H13BrO3/c1-10-7(9)11-6-4-2-3-5-8/h2-6H2,1H3. The van der Waals surface area contributed by atoms with Gasteiger partial charge in [0.15, 0.2) is 0 Å². The molecule has 3 nitrogen and oxygen atoms in total. The third-order valence-electron chi connectivity index (χ3n) is 1.16. The molecule has 0 aromatic rings. The Morgan fingerprint density at radius 1 is 1.36 bits per heavy atom. The number of carbonyl (C=O) groups excluding carboxylic acids is 1. The molecule has 0 saturated carbocycles. The van der Waals surface area contributed by atoms with Crippen molar-refractivity contribution in [3.05, 3.63) is 0 Å². The minimum absolute atomic E-state index is 0.458. The average molecular weight is 225 g/mol. The largest absolute Gasteiger partial charge is 0.507 e. The zero-order chi connectivity index (χ0) is 8.53. The van der Waals surface area contributed by atoms with Gasteiger partial charge in [-0.15, -0.1) is 0 Å². The Kier molecular flexibility index (Phi) is 7.67. The van der Waals surface area contributed by atoms with Crippen molar-refractivity contribution in [1.82, 2.24) is 0 Å². The van der Waals surface area contributed by atoms with Gasteiger partial charge in [0.05, 0.1) is 13.7 Å². The van der Waals surface area contributed by atoms with Crippen LogP contribution in [-0.4, -0.2) is 25.2 Å². The summed E-state index contributed by atoms with van der Waals surface area (Å²) in [6.07, 6.45) is 2.50. The number of carbonyl (C=O) groups is 1. The van der Waals surface area contributed by atoms with Gasteiger partial charge in [-0.2, -0.15) is 0 Å². The fourth-order valence-electron chi connectivity index (χ4n) is 0.588. The van der Waals surface area contributed by atoms with Crippen LogP contribution in [0.2, 0.25) is 0 Å². The molecule has 11 heavy (non-hydrogen) atoms. The van der Waals surface area contributed by atoms with Gasteiger partial charge in [0, 0.05) is 5.33 Å². The molecule has 0 unspecified atom stereocenters. The monoisotopic (exact) mass is 224 g/mol. The van der Waals surface area contributed by atoms with E-state index in [9.17, 15) is 4.79 Å². The van der Waals surface area contributed by atoms with Gasteiger partial charge >= 0.3 is 6.16 Å². The summed E-state index contributed by atoms with van der Waals surface area (Å²) < 4.78 is 8.95. The predicted molar refractivity (Wildman–Crippen MR) is 46.0 cm³/mol. The molecule has 0 fully saturated rings. The fraction of sp³-hybridized carbons (Fsp3) is 0.857. The molecule has 0 aliphatic carbocycles. The third-order valence-corrected chi connectivity index (χ3v) is 1.73. The first-order valence-electron chi connectivity index (χ1n) is 3.58. The van der Waals surface area contributed by atoms with Gasteiger partial charge in [0.2, 0.25) is 0 Å². The normalized spacial score (nSPS) is 9.27. The molecule has 0 aliphatic heterocycles. The van der Waals surface area contributed by atoms with Gasteiger partial charge in [0.25, 0.3) is 0 Å². The Labute approximate surface area is 75.2 Å². The fourth-order valence-corrected chi connectivity index (χ4v) is 0.984. The molecule has 0 bridgehead atoms. The second-order valence-electron chi connectivity index (χ2n) is 2.05. The van der Waals surface area contributed by atoms with Crippen LogP contribution in [-0.2, 0) is 9.47 Å². The Morgan fingerprint density at radius 2 is 2.09 bits per heavy atom. The summed E-state index contributed by atoms with van der Waals surface area (Å²) in [5.74, 6) is 0. The van der Waals surface area contributed by atoms with E-state index in [0.29, 0.717) is 6.61 Å². The van der Waals surface area contributed by atoms with Crippen molar-refractivity contribution in [3.63, 3.8) is 0 Å². The number of ether oxygens (including phenoxy) is 2. The molecule has 0 spiro atoms. The summed E-state index contributed by atoms with van der Waals surface area (Å²) in [6.45, 7) is 0.458. The molecule has 0 aromatic carbocycles. The van der Waals surface area contributed by atoms with Gasteiger partial charge < -0.3 is 9.47 Å². The van der Waals surface area contributed by atoms with Crippen molar-refractivity contribution in [1.29, 1.82) is 0 Å². The van der Waals surface area contributed by atoms with Crippen molar-refractivity contribution in [3.8, 4) is 0 Å². The van der Waals surface area contributed by atoms with E-state index < -0.39 is 6.16 Å². The van der Waals surface area contributed by atoms with Crippen molar-refractivity contribution in [2.75, 3.05) is 19.0 Å². The molecule has 66 valence electrons. The number of rotatable bonds is 5. The maximum Gasteiger partial charge on any atom is 0.507 e. The summed E-state index contributed by atoms with van der Waals surface area (Å²) in [7, 11) is 1.31. The number of hydrogen-bond donors (Lipinski definition) is 0. The second-order valence-corrected chi connectivity index (χ2v) is 2.85. The molecule has 0 aliphatic rings. The highest BCUT2D eigenvalue weighted by molar-refractivity contribution is 9.09. The van der Waals surface area contributed by atoms with E-state index in [2.05, 4.69) is 25.4 Å². The summed E-state index contributed by atoms with van der Waals surface area (Å²) in [6, 6.07) is 0. The molecule has 0 saturated heterocycles. The van der Waals surface area contributed by atoms with Crippen LogP contribution in [0.15, 0.2) is 0 Å². The quantitative estimate of drug-likeness (QED) is 0.409. The van der Waals surface area contributed by atoms with E-state index in [0.717, 1.165) is 24.6 Å². The maximum absolute atomic E-state index is 10.4. The Balaban J connectivity index is 2.95. The predicted octanol–water partition coefficient (Wildman–Crippen LogP) is 2.33. The lowest BCUT2D eigenvalue weighted by Crippen LogP contribution is -2.05. The number of methoxy groups -OCH3 is 1. The maximum atomic E-state index is 10.4. The zero-order valence-electron chi connectivity index (χ0n) is 6.64. The summed E-state index contributed by atoms with van der Waals surface area (Å²) in [5, 5.41) is 1.01. The minimum atomic E-state index is -0.594. The number of hydrogen-bond acceptors (Lipinski definition) is 3. The molecule has 0 aromatic heterocycles.